The van der Waals surface area contributed by atoms with E-state index < -0.39 is 12.2 Å². The molecule has 0 heterocycles. The molecule has 2 atom stereocenters. The van der Waals surface area contributed by atoms with E-state index in [0.717, 1.165) is 12.0 Å². The minimum absolute atomic E-state index is 0. The van der Waals surface area contributed by atoms with Crippen LogP contribution in [0, 0.1) is 6.42 Å². The number of aliphatic hydroxyl groups excluding tert-OH is 2. The van der Waals surface area contributed by atoms with Crippen molar-refractivity contribution in [3.8, 4) is 0 Å². The second kappa shape index (κ2) is 22.3. The summed E-state index contributed by atoms with van der Waals surface area (Å²) < 4.78 is 0. The standard InChI is InChI=1S/C24H37O3.CH4.3Y/c1-5-6-7-10-18-24(3,4)21-14-9-8-13-20(21)16-17-23(27)22(26)15-11-12-19(2)25;;;;/h8-9,13-14,16-18,22-23,26-27H,5-7,10-12,15H2,1-4H3;1H4;;;/q-1;;;;/b17-16+;;;;/t22-,23+;;;;/m0..../s1. The zero-order valence-corrected chi connectivity index (χ0v) is 27.7. The van der Waals surface area contributed by atoms with Gasteiger partial charge in [-0.3, -0.25) is 0 Å². The zero-order valence-electron chi connectivity index (χ0n) is 19.2. The fourth-order valence-electron chi connectivity index (χ4n) is 3.26. The average molecular weight is 656 g/mol. The van der Waals surface area contributed by atoms with Crippen molar-refractivity contribution in [1.82, 2.24) is 0 Å². The number of benzene rings is 1. The average Bonchev–Trinajstić information content (AvgIpc) is 2.63. The van der Waals surface area contributed by atoms with Crippen LogP contribution in [0.25, 0.3) is 6.08 Å². The molecule has 0 bridgehead atoms. The second-order valence-electron chi connectivity index (χ2n) is 8.02. The van der Waals surface area contributed by atoms with Crippen LogP contribution >= 0.6 is 0 Å². The number of aliphatic hydroxyl groups is 2. The van der Waals surface area contributed by atoms with E-state index >= 15 is 0 Å². The van der Waals surface area contributed by atoms with Gasteiger partial charge in [-0.2, -0.15) is 6.42 Å². The molecule has 0 aliphatic rings. The predicted octanol–water partition coefficient (Wildman–Crippen LogP) is 5.87. The minimum atomic E-state index is -0.929. The van der Waals surface area contributed by atoms with E-state index in [1.807, 2.05) is 24.3 Å². The van der Waals surface area contributed by atoms with Crippen molar-refractivity contribution < 1.29 is 113 Å². The van der Waals surface area contributed by atoms with Crippen molar-refractivity contribution in [3.05, 3.63) is 47.9 Å². The maximum Gasteiger partial charge on any atom is 0.129 e. The molecule has 1 rings (SSSR count). The van der Waals surface area contributed by atoms with E-state index in [4.69, 9.17) is 0 Å². The van der Waals surface area contributed by atoms with Gasteiger partial charge in [-0.1, -0.05) is 89.4 Å². The molecule has 2 N–H and O–H groups in total. The minimum Gasteiger partial charge on any atom is -0.390 e. The van der Waals surface area contributed by atoms with Crippen LogP contribution in [0.2, 0.25) is 0 Å². The van der Waals surface area contributed by atoms with E-state index in [2.05, 4.69) is 33.3 Å². The number of carbonyl (C=O) groups excluding carboxylic acids is 1. The maximum absolute atomic E-state index is 11.0. The zero-order chi connectivity index (χ0) is 20.3. The van der Waals surface area contributed by atoms with Gasteiger partial charge in [0.25, 0.3) is 0 Å². The largest absolute Gasteiger partial charge is 0.390 e. The van der Waals surface area contributed by atoms with Gasteiger partial charge < -0.3 is 21.4 Å². The van der Waals surface area contributed by atoms with E-state index in [9.17, 15) is 15.0 Å². The van der Waals surface area contributed by atoms with Crippen LogP contribution in [0.1, 0.15) is 91.2 Å². The number of hydrogen-bond acceptors (Lipinski definition) is 3. The van der Waals surface area contributed by atoms with Crippen molar-refractivity contribution in [2.45, 2.75) is 97.7 Å². The third-order valence-corrected chi connectivity index (χ3v) is 5.01. The van der Waals surface area contributed by atoms with Crippen molar-refractivity contribution >= 4 is 11.9 Å². The van der Waals surface area contributed by atoms with Gasteiger partial charge in [0.05, 0.1) is 12.2 Å². The molecule has 0 saturated heterocycles. The number of hydrogen-bond donors (Lipinski definition) is 2. The monoisotopic (exact) mass is 656 g/mol. The van der Waals surface area contributed by atoms with Crippen molar-refractivity contribution in [2.75, 3.05) is 0 Å². The Morgan fingerprint density at radius 3 is 2.29 bits per heavy atom. The Balaban J connectivity index is -0.000000911. The Morgan fingerprint density at radius 1 is 1.10 bits per heavy atom. The number of unbranched alkanes of at least 4 members (excludes halogenated alkanes) is 3. The van der Waals surface area contributed by atoms with Crippen LogP contribution < -0.4 is 0 Å². The molecular weight excluding hydrogens is 615 g/mol. The predicted molar refractivity (Wildman–Crippen MR) is 120 cm³/mol. The Hall–Kier alpha value is 1.86. The third kappa shape index (κ3) is 17.0. The van der Waals surface area contributed by atoms with Gasteiger partial charge in [0.15, 0.2) is 0 Å². The van der Waals surface area contributed by atoms with Crippen molar-refractivity contribution in [2.24, 2.45) is 0 Å². The smallest absolute Gasteiger partial charge is 0.129 e. The van der Waals surface area contributed by atoms with Gasteiger partial charge in [0.1, 0.15) is 5.78 Å². The SMILES string of the molecule is C.CCCCC[CH-]C(C)(C)c1ccccc1/C=C/[C@@H](O)[C@@H](O)CCCC(C)=O.[Y].[Y].[Y]. The summed E-state index contributed by atoms with van der Waals surface area (Å²) in [6.07, 6.45) is 10.4. The van der Waals surface area contributed by atoms with Crippen LogP contribution in [0.15, 0.2) is 30.3 Å². The Kier molecular flexibility index (Phi) is 28.9. The molecule has 1 aromatic rings. The van der Waals surface area contributed by atoms with Gasteiger partial charge in [-0.05, 0) is 25.3 Å². The molecule has 0 amide bonds. The molecule has 0 fully saturated rings. The first kappa shape index (κ1) is 40.0. The molecule has 0 saturated carbocycles. The topological polar surface area (TPSA) is 57.5 Å². The molecule has 0 spiro atoms. The molecule has 0 aliphatic heterocycles. The van der Waals surface area contributed by atoms with Crippen LogP contribution in [0.4, 0.5) is 0 Å². The molecule has 6 heteroatoms. The molecule has 1 aromatic carbocycles. The Bertz CT molecular complexity index is 603. The summed E-state index contributed by atoms with van der Waals surface area (Å²) in [6.45, 7) is 8.20. The maximum atomic E-state index is 11.0. The number of rotatable bonds is 13. The fourth-order valence-corrected chi connectivity index (χ4v) is 3.26. The van der Waals surface area contributed by atoms with Gasteiger partial charge in [-0.15, -0.1) is 5.41 Å². The summed E-state index contributed by atoms with van der Waals surface area (Å²) in [6, 6.07) is 8.21. The van der Waals surface area contributed by atoms with Crippen molar-refractivity contribution in [1.29, 1.82) is 0 Å². The summed E-state index contributed by atoms with van der Waals surface area (Å²) >= 11 is 0. The Morgan fingerprint density at radius 2 is 1.71 bits per heavy atom. The molecule has 0 aromatic heterocycles. The molecular formula is C25H41O3Y3-. The summed E-state index contributed by atoms with van der Waals surface area (Å²) in [5.41, 5.74) is 2.22. The molecule has 0 aliphatic carbocycles. The van der Waals surface area contributed by atoms with E-state index in [0.29, 0.717) is 19.3 Å². The van der Waals surface area contributed by atoms with Crippen LogP contribution in [-0.4, -0.2) is 28.2 Å². The third-order valence-electron chi connectivity index (χ3n) is 5.01. The van der Waals surface area contributed by atoms with Crippen LogP contribution in [0.3, 0.4) is 0 Å². The first-order valence-corrected chi connectivity index (χ1v) is 10.3. The Labute approximate surface area is 267 Å². The van der Waals surface area contributed by atoms with Crippen molar-refractivity contribution in [3.63, 3.8) is 0 Å². The van der Waals surface area contributed by atoms with Crippen LogP contribution in [-0.2, 0) is 108 Å². The van der Waals surface area contributed by atoms with Gasteiger partial charge >= 0.3 is 0 Å². The van der Waals surface area contributed by atoms with Crippen LogP contribution in [0.5, 0.6) is 0 Å². The molecule has 3 nitrogen and oxygen atoms in total. The summed E-state index contributed by atoms with van der Waals surface area (Å²) in [4.78, 5) is 11.0. The number of carbonyl (C=O) groups is 1. The van der Waals surface area contributed by atoms with E-state index in [1.54, 1.807) is 13.0 Å². The molecule has 3 radical (unpaired) electrons. The summed E-state index contributed by atoms with van der Waals surface area (Å²) in [7, 11) is 0. The fraction of sp³-hybridized carbons (Fsp3) is 0.600. The summed E-state index contributed by atoms with van der Waals surface area (Å²) in [5, 5.41) is 20.3. The second-order valence-corrected chi connectivity index (χ2v) is 8.02. The number of ketones is 1. The van der Waals surface area contributed by atoms with Gasteiger partial charge in [-0.25, -0.2) is 0 Å². The normalized spacial score (nSPS) is 12.6. The first-order chi connectivity index (χ1) is 12.8. The van der Waals surface area contributed by atoms with Gasteiger partial charge in [0.2, 0.25) is 0 Å². The number of Topliss-reactive ketones (excluding diaryl/α,β-unsaturated/α-hetero) is 1. The molecule has 169 valence electrons. The van der Waals surface area contributed by atoms with Gasteiger partial charge in [0, 0.05) is 105 Å². The first-order valence-electron chi connectivity index (χ1n) is 10.3. The van der Waals surface area contributed by atoms with E-state index in [1.165, 1.54) is 24.8 Å². The molecule has 0 unspecified atom stereocenters. The quantitative estimate of drug-likeness (QED) is 0.207. The van der Waals surface area contributed by atoms with E-state index in [-0.39, 0.29) is 117 Å². The summed E-state index contributed by atoms with van der Waals surface area (Å²) in [5.74, 6) is 0.110. The molecule has 31 heavy (non-hydrogen) atoms.